The molecule has 1 aromatic carbocycles. The third kappa shape index (κ3) is 4.51. The molecular formula is C18H18F2N4OS. The third-order valence-corrected chi connectivity index (χ3v) is 4.75. The zero-order valence-electron chi connectivity index (χ0n) is 14.4. The fourth-order valence-electron chi connectivity index (χ4n) is 2.59. The molecule has 0 aliphatic heterocycles. The van der Waals surface area contributed by atoms with Gasteiger partial charge in [0.15, 0.2) is 5.13 Å². The van der Waals surface area contributed by atoms with Gasteiger partial charge in [0.25, 0.3) is 0 Å². The van der Waals surface area contributed by atoms with Gasteiger partial charge in [-0.2, -0.15) is 5.10 Å². The second kappa shape index (κ2) is 7.74. The van der Waals surface area contributed by atoms with Crippen molar-refractivity contribution in [1.82, 2.24) is 14.8 Å². The van der Waals surface area contributed by atoms with Crippen LogP contribution in [0.1, 0.15) is 28.2 Å². The molecule has 0 spiro atoms. The number of aryl methyl sites for hydroxylation is 3. The van der Waals surface area contributed by atoms with Gasteiger partial charge in [-0.1, -0.05) is 6.07 Å². The highest BCUT2D eigenvalue weighted by Gasteiger charge is 2.11. The maximum atomic E-state index is 13.7. The minimum Gasteiger partial charge on any atom is -0.302 e. The lowest BCUT2D eigenvalue weighted by Gasteiger charge is -2.04. The van der Waals surface area contributed by atoms with Gasteiger partial charge in [0.1, 0.15) is 11.6 Å². The second-order valence-electron chi connectivity index (χ2n) is 5.99. The van der Waals surface area contributed by atoms with Gasteiger partial charge >= 0.3 is 0 Å². The average molecular weight is 376 g/mol. The predicted octanol–water partition coefficient (Wildman–Crippen LogP) is 3.85. The Hall–Kier alpha value is -2.61. The predicted molar refractivity (Wildman–Crippen MR) is 96.2 cm³/mol. The Morgan fingerprint density at radius 1 is 1.27 bits per heavy atom. The van der Waals surface area contributed by atoms with E-state index in [0.29, 0.717) is 23.7 Å². The monoisotopic (exact) mass is 376 g/mol. The van der Waals surface area contributed by atoms with Crippen molar-refractivity contribution in [2.45, 2.75) is 33.2 Å². The molecule has 0 saturated heterocycles. The fourth-order valence-corrected chi connectivity index (χ4v) is 3.44. The van der Waals surface area contributed by atoms with E-state index in [1.165, 1.54) is 23.5 Å². The summed E-state index contributed by atoms with van der Waals surface area (Å²) in [6.45, 7) is 4.34. The second-order valence-corrected chi connectivity index (χ2v) is 7.11. The van der Waals surface area contributed by atoms with Gasteiger partial charge in [0.2, 0.25) is 5.91 Å². The van der Waals surface area contributed by atoms with E-state index in [4.69, 9.17) is 0 Å². The lowest BCUT2D eigenvalue weighted by atomic mass is 10.1. The number of anilines is 1. The van der Waals surface area contributed by atoms with E-state index in [2.05, 4.69) is 15.4 Å². The first kappa shape index (κ1) is 18.2. The van der Waals surface area contributed by atoms with E-state index in [1.54, 1.807) is 10.9 Å². The average Bonchev–Trinajstić information content (AvgIpc) is 3.14. The Morgan fingerprint density at radius 2 is 2.08 bits per heavy atom. The Balaban J connectivity index is 1.56. The van der Waals surface area contributed by atoms with Crippen molar-refractivity contribution in [3.05, 3.63) is 63.9 Å². The van der Waals surface area contributed by atoms with Crippen molar-refractivity contribution < 1.29 is 13.6 Å². The first-order chi connectivity index (χ1) is 12.4. The molecule has 0 bridgehead atoms. The largest absolute Gasteiger partial charge is 0.302 e. The maximum Gasteiger partial charge on any atom is 0.228 e. The molecule has 3 rings (SSSR count). The van der Waals surface area contributed by atoms with Crippen LogP contribution in [-0.4, -0.2) is 20.7 Å². The summed E-state index contributed by atoms with van der Waals surface area (Å²) in [5.74, 6) is -1.36. The molecule has 3 aromatic rings. The topological polar surface area (TPSA) is 59.8 Å². The summed E-state index contributed by atoms with van der Waals surface area (Å²) in [5, 5.41) is 7.52. The number of hydrogen-bond donors (Lipinski definition) is 1. The highest BCUT2D eigenvalue weighted by Crippen LogP contribution is 2.23. The molecular weight excluding hydrogens is 358 g/mol. The third-order valence-electron chi connectivity index (χ3n) is 3.83. The van der Waals surface area contributed by atoms with Crippen LogP contribution in [0.5, 0.6) is 0 Å². The molecule has 0 atom stereocenters. The van der Waals surface area contributed by atoms with Crippen molar-refractivity contribution in [3.8, 4) is 0 Å². The van der Waals surface area contributed by atoms with Gasteiger partial charge in [-0.15, -0.1) is 11.3 Å². The van der Waals surface area contributed by atoms with E-state index < -0.39 is 11.6 Å². The summed E-state index contributed by atoms with van der Waals surface area (Å²) in [5.41, 5.74) is 2.31. The number of halogens is 2. The highest BCUT2D eigenvalue weighted by atomic mass is 32.1. The number of nitrogens with one attached hydrogen (secondary N) is 1. The van der Waals surface area contributed by atoms with Gasteiger partial charge in [-0.3, -0.25) is 9.48 Å². The molecule has 5 nitrogen and oxygen atoms in total. The van der Waals surface area contributed by atoms with Crippen LogP contribution in [0.4, 0.5) is 13.9 Å². The summed E-state index contributed by atoms with van der Waals surface area (Å²) < 4.78 is 28.5. The molecule has 0 aliphatic carbocycles. The van der Waals surface area contributed by atoms with Gasteiger partial charge < -0.3 is 5.32 Å². The van der Waals surface area contributed by atoms with Crippen LogP contribution in [0.3, 0.4) is 0 Å². The van der Waals surface area contributed by atoms with E-state index in [0.717, 1.165) is 22.3 Å². The van der Waals surface area contributed by atoms with Crippen LogP contribution in [0.25, 0.3) is 0 Å². The number of nitrogens with zero attached hydrogens (tertiary/aromatic N) is 3. The van der Waals surface area contributed by atoms with Crippen LogP contribution in [-0.2, 0) is 17.8 Å². The van der Waals surface area contributed by atoms with E-state index >= 15 is 0 Å². The van der Waals surface area contributed by atoms with Crippen LogP contribution >= 0.6 is 11.3 Å². The fraction of sp³-hybridized carbons (Fsp3) is 0.278. The van der Waals surface area contributed by atoms with E-state index in [1.807, 2.05) is 19.9 Å². The van der Waals surface area contributed by atoms with Crippen LogP contribution < -0.4 is 5.32 Å². The molecule has 1 amide bonds. The van der Waals surface area contributed by atoms with Crippen molar-refractivity contribution in [2.75, 3.05) is 5.32 Å². The summed E-state index contributed by atoms with van der Waals surface area (Å²) in [7, 11) is 0. The molecule has 0 saturated carbocycles. The number of benzene rings is 1. The summed E-state index contributed by atoms with van der Waals surface area (Å²) in [6, 6.07) is 5.45. The molecule has 136 valence electrons. The summed E-state index contributed by atoms with van der Waals surface area (Å²) in [6.07, 6.45) is 2.17. The number of thiazole rings is 1. The molecule has 8 heteroatoms. The summed E-state index contributed by atoms with van der Waals surface area (Å²) >= 11 is 1.27. The Kier molecular flexibility index (Phi) is 5.41. The first-order valence-electron chi connectivity index (χ1n) is 8.10. The van der Waals surface area contributed by atoms with Gasteiger partial charge in [0, 0.05) is 42.2 Å². The Bertz CT molecular complexity index is 935. The normalized spacial score (nSPS) is 10.9. The molecule has 1 N–H and O–H groups in total. The number of hydrogen-bond acceptors (Lipinski definition) is 4. The quantitative estimate of drug-likeness (QED) is 0.711. The van der Waals surface area contributed by atoms with Crippen molar-refractivity contribution in [3.63, 3.8) is 0 Å². The molecule has 0 unspecified atom stereocenters. The van der Waals surface area contributed by atoms with E-state index in [9.17, 15) is 13.6 Å². The van der Waals surface area contributed by atoms with Crippen LogP contribution in [0.2, 0.25) is 0 Å². The van der Waals surface area contributed by atoms with Gasteiger partial charge in [0.05, 0.1) is 5.69 Å². The molecule has 0 radical (unpaired) electrons. The number of carbonyl (C=O) groups excluding carboxylic acids is 1. The minimum absolute atomic E-state index is 0.161. The summed E-state index contributed by atoms with van der Waals surface area (Å²) in [4.78, 5) is 17.0. The maximum absolute atomic E-state index is 13.7. The van der Waals surface area contributed by atoms with Crippen LogP contribution in [0, 0.1) is 25.5 Å². The number of carbonyl (C=O) groups is 1. The van der Waals surface area contributed by atoms with Crippen LogP contribution in [0.15, 0.2) is 30.5 Å². The molecule has 2 aromatic heterocycles. The minimum atomic E-state index is -0.605. The molecule has 0 aliphatic rings. The SMILES string of the molecule is Cc1cc(C)n(CCC(=O)Nc2ncc(Cc3ccc(F)cc3F)s2)n1. The lowest BCUT2D eigenvalue weighted by molar-refractivity contribution is -0.116. The smallest absolute Gasteiger partial charge is 0.228 e. The Labute approximate surface area is 153 Å². The number of amides is 1. The lowest BCUT2D eigenvalue weighted by Crippen LogP contribution is -2.15. The number of rotatable bonds is 6. The highest BCUT2D eigenvalue weighted by molar-refractivity contribution is 7.15. The van der Waals surface area contributed by atoms with Crippen molar-refractivity contribution >= 4 is 22.4 Å². The van der Waals surface area contributed by atoms with Crippen molar-refractivity contribution in [1.29, 1.82) is 0 Å². The number of aromatic nitrogens is 3. The zero-order chi connectivity index (χ0) is 18.7. The molecule has 26 heavy (non-hydrogen) atoms. The first-order valence-corrected chi connectivity index (χ1v) is 8.92. The van der Waals surface area contributed by atoms with E-state index in [-0.39, 0.29) is 12.3 Å². The van der Waals surface area contributed by atoms with Gasteiger partial charge in [-0.05, 0) is 31.5 Å². The standard InChI is InChI=1S/C18H18F2N4OS/c1-11-7-12(2)24(23-11)6-5-17(25)22-18-21-10-15(26-18)8-13-3-4-14(19)9-16(13)20/h3-4,7,9-10H,5-6,8H2,1-2H3,(H,21,22,25). The Morgan fingerprint density at radius 3 is 2.77 bits per heavy atom. The molecule has 0 fully saturated rings. The van der Waals surface area contributed by atoms with Crippen molar-refractivity contribution in [2.24, 2.45) is 0 Å². The molecule has 2 heterocycles. The van der Waals surface area contributed by atoms with Gasteiger partial charge in [-0.25, -0.2) is 13.8 Å². The zero-order valence-corrected chi connectivity index (χ0v) is 15.2.